The third-order valence-corrected chi connectivity index (χ3v) is 5.33. The molecule has 5 aromatic rings. The number of hydrogen-bond acceptors (Lipinski definition) is 3. The summed E-state index contributed by atoms with van der Waals surface area (Å²) in [5.74, 6) is 0.653. The summed E-state index contributed by atoms with van der Waals surface area (Å²) in [5, 5.41) is 3.08. The third kappa shape index (κ3) is 2.05. The molecule has 0 radical (unpaired) electrons. The van der Waals surface area contributed by atoms with Crippen LogP contribution in [0.2, 0.25) is 5.02 Å². The van der Waals surface area contributed by atoms with Gasteiger partial charge in [-0.2, -0.15) is 0 Å². The molecule has 2 heterocycles. The number of fused-ring (bicyclic) bond motifs is 4. The van der Waals surface area contributed by atoms with Gasteiger partial charge in [0.1, 0.15) is 5.52 Å². The summed E-state index contributed by atoms with van der Waals surface area (Å²) in [7, 11) is 0. The number of oxazole rings is 1. The van der Waals surface area contributed by atoms with Crippen molar-refractivity contribution < 1.29 is 4.42 Å². The predicted molar refractivity (Wildman–Crippen MR) is 97.3 cm³/mol. The molecule has 2 aromatic heterocycles. The first kappa shape index (κ1) is 13.1. The van der Waals surface area contributed by atoms with E-state index in [1.165, 1.54) is 9.40 Å². The molecule has 4 heteroatoms. The smallest absolute Gasteiger partial charge is 0.227 e. The molecular weight excluding hydrogens is 326 g/mol. The lowest BCUT2D eigenvalue weighted by molar-refractivity contribution is 0.620. The lowest BCUT2D eigenvalue weighted by Gasteiger charge is -1.93. The molecule has 0 atom stereocenters. The van der Waals surface area contributed by atoms with Crippen LogP contribution in [-0.4, -0.2) is 4.98 Å². The van der Waals surface area contributed by atoms with Crippen LogP contribution < -0.4 is 0 Å². The van der Waals surface area contributed by atoms with Crippen LogP contribution >= 0.6 is 22.9 Å². The minimum absolute atomic E-state index is 0.653. The van der Waals surface area contributed by atoms with Crippen molar-refractivity contribution in [1.82, 2.24) is 4.98 Å². The first-order chi connectivity index (χ1) is 11.3. The number of halogens is 1. The minimum Gasteiger partial charge on any atom is -0.436 e. The highest BCUT2D eigenvalue weighted by Gasteiger charge is 2.12. The van der Waals surface area contributed by atoms with Gasteiger partial charge in [0.05, 0.1) is 0 Å². The summed E-state index contributed by atoms with van der Waals surface area (Å²) in [6, 6.07) is 20.1. The quantitative estimate of drug-likeness (QED) is 0.348. The first-order valence-electron chi connectivity index (χ1n) is 7.26. The summed E-state index contributed by atoms with van der Waals surface area (Å²) >= 11 is 7.90. The van der Waals surface area contributed by atoms with Gasteiger partial charge in [0.15, 0.2) is 5.58 Å². The molecule has 0 saturated heterocycles. The monoisotopic (exact) mass is 335 g/mol. The Balaban J connectivity index is 1.80. The van der Waals surface area contributed by atoms with Crippen LogP contribution in [0.3, 0.4) is 0 Å². The molecule has 2 nitrogen and oxygen atoms in total. The fraction of sp³-hybridized carbons (Fsp3) is 0. The van der Waals surface area contributed by atoms with E-state index in [0.717, 1.165) is 32.5 Å². The van der Waals surface area contributed by atoms with Crippen molar-refractivity contribution in [2.45, 2.75) is 0 Å². The molecule has 5 rings (SSSR count). The first-order valence-corrected chi connectivity index (χ1v) is 8.45. The van der Waals surface area contributed by atoms with Crippen LogP contribution in [0, 0.1) is 0 Å². The van der Waals surface area contributed by atoms with E-state index in [-0.39, 0.29) is 0 Å². The molecule has 0 bridgehead atoms. The van der Waals surface area contributed by atoms with Gasteiger partial charge < -0.3 is 4.42 Å². The maximum absolute atomic E-state index is 6.15. The zero-order valence-corrected chi connectivity index (χ0v) is 13.5. The molecular formula is C19H10ClNOS. The maximum Gasteiger partial charge on any atom is 0.227 e. The molecule has 0 fully saturated rings. The van der Waals surface area contributed by atoms with Crippen molar-refractivity contribution in [2.75, 3.05) is 0 Å². The summed E-state index contributed by atoms with van der Waals surface area (Å²) in [6.07, 6.45) is 0. The van der Waals surface area contributed by atoms with Crippen LogP contribution in [0.5, 0.6) is 0 Å². The molecule has 3 aromatic carbocycles. The van der Waals surface area contributed by atoms with Crippen molar-refractivity contribution in [3.63, 3.8) is 0 Å². The van der Waals surface area contributed by atoms with Crippen LogP contribution in [0.1, 0.15) is 0 Å². The number of hydrogen-bond donors (Lipinski definition) is 0. The normalized spacial score (nSPS) is 11.7. The van der Waals surface area contributed by atoms with E-state index in [0.29, 0.717) is 5.89 Å². The summed E-state index contributed by atoms with van der Waals surface area (Å²) in [4.78, 5) is 4.63. The predicted octanol–water partition coefficient (Wildman–Crippen LogP) is 6.52. The Bertz CT molecular complexity index is 1170. The van der Waals surface area contributed by atoms with Gasteiger partial charge in [-0.15, -0.1) is 11.3 Å². The summed E-state index contributed by atoms with van der Waals surface area (Å²) < 4.78 is 8.39. The standard InChI is InChI=1S/C19H10ClNOS/c20-12-6-7-17-13(8-12)14-9-16-15(10-18(14)23-17)21-19(22-16)11-4-2-1-3-5-11/h1-10H. The van der Waals surface area contributed by atoms with E-state index >= 15 is 0 Å². The van der Waals surface area contributed by atoms with E-state index in [1.807, 2.05) is 42.5 Å². The molecule has 0 spiro atoms. The largest absolute Gasteiger partial charge is 0.436 e. The molecule has 0 aliphatic rings. The Morgan fingerprint density at radius 2 is 1.70 bits per heavy atom. The van der Waals surface area contributed by atoms with Gasteiger partial charge in [-0.05, 0) is 42.5 Å². The fourth-order valence-electron chi connectivity index (χ4n) is 2.87. The zero-order chi connectivity index (χ0) is 15.4. The van der Waals surface area contributed by atoms with Gasteiger partial charge in [0.2, 0.25) is 5.89 Å². The van der Waals surface area contributed by atoms with Gasteiger partial charge >= 0.3 is 0 Å². The molecule has 0 amide bonds. The Labute approximate surface area is 140 Å². The second-order valence-electron chi connectivity index (χ2n) is 5.44. The van der Waals surface area contributed by atoms with Crippen molar-refractivity contribution in [3.8, 4) is 11.5 Å². The van der Waals surface area contributed by atoms with Crippen LogP contribution in [0.25, 0.3) is 42.7 Å². The lowest BCUT2D eigenvalue weighted by Crippen LogP contribution is -1.74. The highest BCUT2D eigenvalue weighted by molar-refractivity contribution is 7.25. The second kappa shape index (κ2) is 4.82. The molecule has 23 heavy (non-hydrogen) atoms. The van der Waals surface area contributed by atoms with Gasteiger partial charge in [0.25, 0.3) is 0 Å². The highest BCUT2D eigenvalue weighted by Crippen LogP contribution is 2.38. The van der Waals surface area contributed by atoms with Gasteiger partial charge in [-0.3, -0.25) is 0 Å². The minimum atomic E-state index is 0.653. The Morgan fingerprint density at radius 3 is 2.57 bits per heavy atom. The van der Waals surface area contributed by atoms with E-state index in [4.69, 9.17) is 16.0 Å². The number of thiophene rings is 1. The van der Waals surface area contributed by atoms with Crippen LogP contribution in [-0.2, 0) is 0 Å². The molecule has 0 saturated carbocycles. The SMILES string of the molecule is Clc1ccc2sc3cc4nc(-c5ccccc5)oc4cc3c2c1. The topological polar surface area (TPSA) is 26.0 Å². The van der Waals surface area contributed by atoms with E-state index in [2.05, 4.69) is 23.2 Å². The van der Waals surface area contributed by atoms with Crippen LogP contribution in [0.15, 0.2) is 65.1 Å². The second-order valence-corrected chi connectivity index (χ2v) is 6.96. The average Bonchev–Trinajstić information content (AvgIpc) is 3.14. The van der Waals surface area contributed by atoms with Crippen molar-refractivity contribution in [3.05, 3.63) is 65.7 Å². The number of nitrogens with zero attached hydrogens (tertiary/aromatic N) is 1. The van der Waals surface area contributed by atoms with E-state index in [9.17, 15) is 0 Å². The number of rotatable bonds is 1. The Morgan fingerprint density at radius 1 is 0.870 bits per heavy atom. The Kier molecular flexibility index (Phi) is 2.75. The maximum atomic E-state index is 6.15. The molecule has 0 N–H and O–H groups in total. The van der Waals surface area contributed by atoms with Crippen molar-refractivity contribution in [2.24, 2.45) is 0 Å². The fourth-order valence-corrected chi connectivity index (χ4v) is 4.15. The van der Waals surface area contributed by atoms with Gasteiger partial charge in [-0.25, -0.2) is 4.98 Å². The van der Waals surface area contributed by atoms with E-state index in [1.54, 1.807) is 11.3 Å². The van der Waals surface area contributed by atoms with Gasteiger partial charge in [0, 0.05) is 30.8 Å². The number of aromatic nitrogens is 1. The van der Waals surface area contributed by atoms with Gasteiger partial charge in [-0.1, -0.05) is 29.8 Å². The molecule has 0 aliphatic carbocycles. The van der Waals surface area contributed by atoms with Crippen molar-refractivity contribution >= 4 is 54.2 Å². The zero-order valence-electron chi connectivity index (χ0n) is 11.9. The van der Waals surface area contributed by atoms with Crippen molar-refractivity contribution in [1.29, 1.82) is 0 Å². The van der Waals surface area contributed by atoms with Crippen LogP contribution in [0.4, 0.5) is 0 Å². The highest BCUT2D eigenvalue weighted by atomic mass is 35.5. The molecule has 0 aliphatic heterocycles. The Hall–Kier alpha value is -2.36. The lowest BCUT2D eigenvalue weighted by atomic mass is 10.1. The summed E-state index contributed by atoms with van der Waals surface area (Å²) in [6.45, 7) is 0. The molecule has 110 valence electrons. The van der Waals surface area contributed by atoms with E-state index < -0.39 is 0 Å². The average molecular weight is 336 g/mol. The molecule has 0 unspecified atom stereocenters. The third-order valence-electron chi connectivity index (χ3n) is 3.96. The summed E-state index contributed by atoms with van der Waals surface area (Å²) in [5.41, 5.74) is 2.67. The number of benzene rings is 3.